The Morgan fingerprint density at radius 2 is 1.42 bits per heavy atom. The monoisotopic (exact) mass is 282 g/mol. The Balaban J connectivity index is 3.59. The van der Waals surface area contributed by atoms with Crippen LogP contribution in [0.3, 0.4) is 0 Å². The summed E-state index contributed by atoms with van der Waals surface area (Å²) < 4.78 is 9.32. The Labute approximate surface area is 113 Å². The normalized spacial score (nSPS) is 11.0. The van der Waals surface area contributed by atoms with E-state index in [2.05, 4.69) is 4.74 Å². The standard InChI is InChI=1S/C13H18O5Si/c1-17-12(15)8-6-7-9(13(16)18-2)11(10(8)14)19(3,4)5/h6-7,14H,1-5H3. The molecule has 0 aliphatic carbocycles. The Kier molecular flexibility index (Phi) is 4.36. The summed E-state index contributed by atoms with van der Waals surface area (Å²) >= 11 is 0. The number of ether oxygens (including phenoxy) is 2. The van der Waals surface area contributed by atoms with Crippen LogP contribution in [0.5, 0.6) is 5.75 Å². The van der Waals surface area contributed by atoms with Crippen molar-refractivity contribution in [1.82, 2.24) is 0 Å². The molecule has 5 nitrogen and oxygen atoms in total. The predicted octanol–water partition coefficient (Wildman–Crippen LogP) is 1.51. The molecule has 0 fully saturated rings. The zero-order valence-electron chi connectivity index (χ0n) is 11.7. The van der Waals surface area contributed by atoms with E-state index in [-0.39, 0.29) is 11.3 Å². The summed E-state index contributed by atoms with van der Waals surface area (Å²) in [6.07, 6.45) is 0. The van der Waals surface area contributed by atoms with Gasteiger partial charge in [-0.05, 0) is 17.3 Å². The minimum Gasteiger partial charge on any atom is -0.507 e. The fourth-order valence-corrected chi connectivity index (χ4v) is 3.74. The Hall–Kier alpha value is -1.82. The number of phenolic OH excluding ortho intramolecular Hbond substituents is 1. The van der Waals surface area contributed by atoms with Crippen LogP contribution >= 0.6 is 0 Å². The number of methoxy groups -OCH3 is 2. The first-order valence-corrected chi connectivity index (χ1v) is 9.27. The number of benzene rings is 1. The summed E-state index contributed by atoms with van der Waals surface area (Å²) in [5, 5.41) is 10.8. The average molecular weight is 282 g/mol. The van der Waals surface area contributed by atoms with E-state index in [4.69, 9.17) is 4.74 Å². The van der Waals surface area contributed by atoms with Gasteiger partial charge in [0.05, 0.1) is 27.9 Å². The molecular weight excluding hydrogens is 264 g/mol. The Morgan fingerprint density at radius 1 is 1.00 bits per heavy atom. The van der Waals surface area contributed by atoms with Crippen LogP contribution in [-0.4, -0.2) is 39.3 Å². The molecule has 0 aliphatic heterocycles. The van der Waals surface area contributed by atoms with Crippen molar-refractivity contribution in [2.45, 2.75) is 19.6 Å². The Bertz CT molecular complexity index is 517. The number of aromatic hydroxyl groups is 1. The van der Waals surface area contributed by atoms with Gasteiger partial charge in [0.25, 0.3) is 0 Å². The number of hydrogen-bond acceptors (Lipinski definition) is 5. The molecule has 0 heterocycles. The molecule has 19 heavy (non-hydrogen) atoms. The number of esters is 2. The molecular formula is C13H18O5Si. The largest absolute Gasteiger partial charge is 0.507 e. The second kappa shape index (κ2) is 5.44. The van der Waals surface area contributed by atoms with Gasteiger partial charge < -0.3 is 14.6 Å². The average Bonchev–Trinajstić information content (AvgIpc) is 2.34. The van der Waals surface area contributed by atoms with Gasteiger partial charge in [0.1, 0.15) is 11.3 Å². The highest BCUT2D eigenvalue weighted by atomic mass is 28.3. The van der Waals surface area contributed by atoms with Crippen LogP contribution in [0.4, 0.5) is 0 Å². The minimum absolute atomic E-state index is 0.0626. The lowest BCUT2D eigenvalue weighted by Gasteiger charge is -2.22. The van der Waals surface area contributed by atoms with Gasteiger partial charge in [-0.1, -0.05) is 19.6 Å². The molecule has 0 aromatic heterocycles. The van der Waals surface area contributed by atoms with Gasteiger partial charge in [0.15, 0.2) is 0 Å². The van der Waals surface area contributed by atoms with Crippen LogP contribution < -0.4 is 5.19 Å². The summed E-state index contributed by atoms with van der Waals surface area (Å²) in [6, 6.07) is 2.86. The van der Waals surface area contributed by atoms with Crippen LogP contribution in [-0.2, 0) is 9.47 Å². The van der Waals surface area contributed by atoms with Gasteiger partial charge in [-0.25, -0.2) is 9.59 Å². The first kappa shape index (κ1) is 15.2. The van der Waals surface area contributed by atoms with E-state index in [0.717, 1.165) is 0 Å². The zero-order chi connectivity index (χ0) is 14.8. The molecule has 0 saturated heterocycles. The third-order valence-corrected chi connectivity index (χ3v) is 4.74. The molecule has 1 aromatic carbocycles. The van der Waals surface area contributed by atoms with E-state index in [1.165, 1.54) is 26.4 Å². The second-order valence-corrected chi connectivity index (χ2v) is 10.1. The van der Waals surface area contributed by atoms with Crippen molar-refractivity contribution in [1.29, 1.82) is 0 Å². The molecule has 0 spiro atoms. The van der Waals surface area contributed by atoms with E-state index < -0.39 is 20.0 Å². The van der Waals surface area contributed by atoms with Gasteiger partial charge in [-0.3, -0.25) is 0 Å². The minimum atomic E-state index is -2.05. The molecule has 0 amide bonds. The molecule has 0 aliphatic rings. The van der Waals surface area contributed by atoms with Gasteiger partial charge >= 0.3 is 11.9 Å². The summed E-state index contributed by atoms with van der Waals surface area (Å²) in [4.78, 5) is 23.3. The van der Waals surface area contributed by atoms with E-state index >= 15 is 0 Å². The maximum atomic E-state index is 11.8. The molecule has 0 unspecified atom stereocenters. The van der Waals surface area contributed by atoms with Crippen molar-refractivity contribution < 1.29 is 24.2 Å². The number of carbonyl (C=O) groups is 2. The highest BCUT2D eigenvalue weighted by Gasteiger charge is 2.30. The van der Waals surface area contributed by atoms with Gasteiger partial charge in [0, 0.05) is 0 Å². The highest BCUT2D eigenvalue weighted by molar-refractivity contribution is 6.90. The topological polar surface area (TPSA) is 72.8 Å². The lowest BCUT2D eigenvalue weighted by atomic mass is 10.1. The third-order valence-electron chi connectivity index (χ3n) is 2.74. The van der Waals surface area contributed by atoms with Crippen LogP contribution in [0, 0.1) is 0 Å². The quantitative estimate of drug-likeness (QED) is 0.672. The summed E-state index contributed by atoms with van der Waals surface area (Å²) in [5.74, 6) is -1.34. The van der Waals surface area contributed by atoms with Crippen LogP contribution in [0.2, 0.25) is 19.6 Å². The van der Waals surface area contributed by atoms with E-state index in [1.54, 1.807) is 0 Å². The molecule has 0 bridgehead atoms. The number of carbonyl (C=O) groups excluding carboxylic acids is 2. The van der Waals surface area contributed by atoms with Crippen molar-refractivity contribution in [3.63, 3.8) is 0 Å². The highest BCUT2D eigenvalue weighted by Crippen LogP contribution is 2.22. The first-order valence-electron chi connectivity index (χ1n) is 5.77. The lowest BCUT2D eigenvalue weighted by molar-refractivity contribution is 0.0585. The molecule has 0 radical (unpaired) electrons. The first-order chi connectivity index (χ1) is 8.73. The van der Waals surface area contributed by atoms with E-state index in [1.807, 2.05) is 19.6 Å². The van der Waals surface area contributed by atoms with Crippen molar-refractivity contribution in [3.05, 3.63) is 23.3 Å². The van der Waals surface area contributed by atoms with Crippen LogP contribution in [0.15, 0.2) is 12.1 Å². The third kappa shape index (κ3) is 2.95. The van der Waals surface area contributed by atoms with Gasteiger partial charge in [0.2, 0.25) is 0 Å². The summed E-state index contributed by atoms with van der Waals surface area (Å²) in [6.45, 7) is 5.90. The number of hydrogen-bond donors (Lipinski definition) is 1. The van der Waals surface area contributed by atoms with Crippen LogP contribution in [0.25, 0.3) is 0 Å². The SMILES string of the molecule is COC(=O)c1ccc(C(=O)OC)c([Si](C)(C)C)c1O. The fraction of sp³-hybridized carbons (Fsp3) is 0.385. The van der Waals surface area contributed by atoms with Crippen LogP contribution in [0.1, 0.15) is 20.7 Å². The zero-order valence-corrected chi connectivity index (χ0v) is 12.7. The maximum absolute atomic E-state index is 11.8. The molecule has 6 heteroatoms. The summed E-state index contributed by atoms with van der Waals surface area (Å²) in [7, 11) is 0.470. The molecule has 0 atom stereocenters. The smallest absolute Gasteiger partial charge is 0.341 e. The molecule has 1 rings (SSSR count). The van der Waals surface area contributed by atoms with Crippen molar-refractivity contribution in [2.75, 3.05) is 14.2 Å². The van der Waals surface area contributed by atoms with Gasteiger partial charge in [-0.2, -0.15) is 0 Å². The summed E-state index contributed by atoms with van der Waals surface area (Å²) in [5.41, 5.74) is 0.361. The number of rotatable bonds is 3. The lowest BCUT2D eigenvalue weighted by Crippen LogP contribution is -2.42. The second-order valence-electron chi connectivity index (χ2n) is 5.12. The van der Waals surface area contributed by atoms with E-state index in [9.17, 15) is 14.7 Å². The Morgan fingerprint density at radius 3 is 1.84 bits per heavy atom. The molecule has 0 saturated carbocycles. The van der Waals surface area contributed by atoms with Crippen molar-refractivity contribution in [3.8, 4) is 5.75 Å². The maximum Gasteiger partial charge on any atom is 0.341 e. The molecule has 1 aromatic rings. The fourth-order valence-electron chi connectivity index (χ4n) is 1.91. The van der Waals surface area contributed by atoms with E-state index in [0.29, 0.717) is 10.8 Å². The molecule has 104 valence electrons. The number of phenols is 1. The molecule has 1 N–H and O–H groups in total. The van der Waals surface area contributed by atoms with Crippen molar-refractivity contribution >= 4 is 25.2 Å². The van der Waals surface area contributed by atoms with Crippen molar-refractivity contribution in [2.24, 2.45) is 0 Å². The predicted molar refractivity (Wildman–Crippen MR) is 73.8 cm³/mol. The van der Waals surface area contributed by atoms with Gasteiger partial charge in [-0.15, -0.1) is 0 Å².